The van der Waals surface area contributed by atoms with E-state index in [4.69, 9.17) is 0 Å². The molecule has 0 aliphatic carbocycles. The number of amidine groups is 1. The SMILES string of the molecule is CC(=NS(=O)(=O)c1ccc(C)cc1)N1CCN(S(=O)(=O)c2ccc(C)cc2)C1C(C)C. The number of hydrogen-bond acceptors (Lipinski definition) is 4. The summed E-state index contributed by atoms with van der Waals surface area (Å²) in [4.78, 5) is 2.11. The average molecular weight is 464 g/mol. The van der Waals surface area contributed by atoms with Crippen LogP contribution in [0.1, 0.15) is 31.9 Å². The van der Waals surface area contributed by atoms with Crippen LogP contribution in [0.4, 0.5) is 0 Å². The molecule has 168 valence electrons. The molecule has 0 radical (unpaired) electrons. The van der Waals surface area contributed by atoms with Crippen molar-refractivity contribution in [2.75, 3.05) is 13.1 Å². The lowest BCUT2D eigenvalue weighted by molar-refractivity contribution is 0.211. The molecular formula is C22H29N3O4S2. The standard InChI is InChI=1S/C22H29N3O4S2/c1-16(2)22-24(19(5)23-30(26,27)20-10-6-17(3)7-11-20)14-15-25(22)31(28,29)21-12-8-18(4)9-13-21/h6-13,16,22H,14-15H2,1-5H3. The Morgan fingerprint density at radius 1 is 0.871 bits per heavy atom. The summed E-state index contributed by atoms with van der Waals surface area (Å²) in [7, 11) is -7.62. The van der Waals surface area contributed by atoms with E-state index in [2.05, 4.69) is 4.40 Å². The monoisotopic (exact) mass is 463 g/mol. The van der Waals surface area contributed by atoms with Gasteiger partial charge in [-0.2, -0.15) is 12.7 Å². The normalized spacial score (nSPS) is 18.7. The molecule has 0 N–H and O–H groups in total. The topological polar surface area (TPSA) is 87.1 Å². The van der Waals surface area contributed by atoms with Gasteiger partial charge in [0.1, 0.15) is 5.84 Å². The molecule has 1 fully saturated rings. The summed E-state index contributed by atoms with van der Waals surface area (Å²) in [6, 6.07) is 13.2. The van der Waals surface area contributed by atoms with Gasteiger partial charge in [-0.15, -0.1) is 4.40 Å². The number of rotatable bonds is 5. The minimum absolute atomic E-state index is 0.0741. The summed E-state index contributed by atoms with van der Waals surface area (Å²) in [5.41, 5.74) is 1.93. The van der Waals surface area contributed by atoms with E-state index in [0.29, 0.717) is 6.54 Å². The molecule has 1 unspecified atom stereocenters. The van der Waals surface area contributed by atoms with E-state index in [1.807, 2.05) is 27.7 Å². The zero-order valence-electron chi connectivity index (χ0n) is 18.5. The first-order valence-corrected chi connectivity index (χ1v) is 13.0. The largest absolute Gasteiger partial charge is 0.341 e. The fourth-order valence-electron chi connectivity index (χ4n) is 3.77. The van der Waals surface area contributed by atoms with Crippen LogP contribution in [-0.2, 0) is 20.0 Å². The third-order valence-corrected chi connectivity index (χ3v) is 8.64. The summed E-state index contributed by atoms with van der Waals surface area (Å²) in [5.74, 6) is 0.204. The van der Waals surface area contributed by atoms with Crippen LogP contribution in [0.25, 0.3) is 0 Å². The summed E-state index contributed by atoms with van der Waals surface area (Å²) < 4.78 is 57.6. The average Bonchev–Trinajstić information content (AvgIpc) is 3.15. The van der Waals surface area contributed by atoms with Crippen molar-refractivity contribution in [1.82, 2.24) is 9.21 Å². The molecule has 1 heterocycles. The Balaban J connectivity index is 1.94. The molecule has 0 aromatic heterocycles. The first-order valence-electron chi connectivity index (χ1n) is 10.2. The second-order valence-electron chi connectivity index (χ2n) is 8.21. The summed E-state index contributed by atoms with van der Waals surface area (Å²) in [6.45, 7) is 9.86. The van der Waals surface area contributed by atoms with Gasteiger partial charge in [-0.1, -0.05) is 49.2 Å². The summed E-state index contributed by atoms with van der Waals surface area (Å²) in [5, 5.41) is 0. The Hall–Kier alpha value is -2.23. The summed E-state index contributed by atoms with van der Waals surface area (Å²) in [6.07, 6.45) is -0.525. The molecular weight excluding hydrogens is 434 g/mol. The first kappa shape index (κ1) is 23.4. The predicted octanol–water partition coefficient (Wildman–Crippen LogP) is 3.40. The molecule has 0 saturated carbocycles. The molecule has 31 heavy (non-hydrogen) atoms. The van der Waals surface area contributed by atoms with E-state index in [0.717, 1.165) is 11.1 Å². The van der Waals surface area contributed by atoms with Crippen LogP contribution < -0.4 is 0 Å². The van der Waals surface area contributed by atoms with Crippen molar-refractivity contribution in [2.45, 2.75) is 50.6 Å². The molecule has 2 aromatic carbocycles. The lowest BCUT2D eigenvalue weighted by atomic mass is 10.1. The molecule has 1 aliphatic rings. The van der Waals surface area contributed by atoms with Crippen LogP contribution in [0.5, 0.6) is 0 Å². The number of aryl methyl sites for hydroxylation is 2. The molecule has 1 saturated heterocycles. The molecule has 1 aliphatic heterocycles. The molecule has 7 nitrogen and oxygen atoms in total. The van der Waals surface area contributed by atoms with Gasteiger partial charge in [0.25, 0.3) is 10.0 Å². The zero-order chi connectivity index (χ0) is 23.0. The van der Waals surface area contributed by atoms with Gasteiger partial charge in [-0.25, -0.2) is 8.42 Å². The second kappa shape index (κ2) is 8.72. The van der Waals surface area contributed by atoms with Crippen LogP contribution >= 0.6 is 0 Å². The van der Waals surface area contributed by atoms with Crippen LogP contribution in [0, 0.1) is 19.8 Å². The van der Waals surface area contributed by atoms with Crippen molar-refractivity contribution in [3.63, 3.8) is 0 Å². The van der Waals surface area contributed by atoms with Crippen molar-refractivity contribution in [2.24, 2.45) is 10.3 Å². The first-order chi connectivity index (χ1) is 14.4. The predicted molar refractivity (Wildman–Crippen MR) is 122 cm³/mol. The molecule has 0 bridgehead atoms. The minimum Gasteiger partial charge on any atom is -0.341 e. The number of sulfonamides is 2. The van der Waals surface area contributed by atoms with Crippen LogP contribution in [-0.4, -0.2) is 51.1 Å². The van der Waals surface area contributed by atoms with Gasteiger partial charge in [-0.3, -0.25) is 0 Å². The summed E-state index contributed by atoms with van der Waals surface area (Å²) >= 11 is 0. The minimum atomic E-state index is -3.89. The highest BCUT2D eigenvalue weighted by Gasteiger charge is 2.42. The Labute approximate surface area is 185 Å². The molecule has 9 heteroatoms. The van der Waals surface area contributed by atoms with Crippen LogP contribution in [0.2, 0.25) is 0 Å². The Morgan fingerprint density at radius 3 is 1.84 bits per heavy atom. The van der Waals surface area contributed by atoms with Crippen LogP contribution in [0.3, 0.4) is 0 Å². The third-order valence-electron chi connectivity index (χ3n) is 5.39. The fourth-order valence-corrected chi connectivity index (χ4v) is 6.52. The highest BCUT2D eigenvalue weighted by atomic mass is 32.2. The quantitative estimate of drug-likeness (QED) is 0.501. The van der Waals surface area contributed by atoms with Crippen molar-refractivity contribution in [3.8, 4) is 0 Å². The van der Waals surface area contributed by atoms with Crippen molar-refractivity contribution in [3.05, 3.63) is 59.7 Å². The Kier molecular flexibility index (Phi) is 6.59. The van der Waals surface area contributed by atoms with E-state index in [1.165, 1.54) is 16.4 Å². The maximum atomic E-state index is 13.3. The van der Waals surface area contributed by atoms with Gasteiger partial charge in [0, 0.05) is 13.1 Å². The maximum absolute atomic E-state index is 13.3. The van der Waals surface area contributed by atoms with E-state index in [-0.39, 0.29) is 28.1 Å². The number of benzene rings is 2. The number of hydrogen-bond donors (Lipinski definition) is 0. The second-order valence-corrected chi connectivity index (χ2v) is 11.7. The molecule has 2 aromatic rings. The van der Waals surface area contributed by atoms with Gasteiger partial charge in [0.2, 0.25) is 10.0 Å². The fraction of sp³-hybridized carbons (Fsp3) is 0.409. The van der Waals surface area contributed by atoms with E-state index >= 15 is 0 Å². The Morgan fingerprint density at radius 2 is 1.35 bits per heavy atom. The highest BCUT2D eigenvalue weighted by molar-refractivity contribution is 7.90. The van der Waals surface area contributed by atoms with Crippen molar-refractivity contribution in [1.29, 1.82) is 0 Å². The van der Waals surface area contributed by atoms with Gasteiger partial charge < -0.3 is 4.90 Å². The van der Waals surface area contributed by atoms with Gasteiger partial charge in [-0.05, 0) is 51.0 Å². The van der Waals surface area contributed by atoms with Crippen molar-refractivity contribution >= 4 is 25.9 Å². The van der Waals surface area contributed by atoms with Gasteiger partial charge in [0.15, 0.2) is 0 Å². The van der Waals surface area contributed by atoms with E-state index < -0.39 is 26.2 Å². The Bertz CT molecular complexity index is 1170. The lowest BCUT2D eigenvalue weighted by Crippen LogP contribution is -2.47. The maximum Gasteiger partial charge on any atom is 0.283 e. The van der Waals surface area contributed by atoms with Gasteiger partial charge in [0.05, 0.1) is 16.0 Å². The number of nitrogens with zero attached hydrogens (tertiary/aromatic N) is 3. The van der Waals surface area contributed by atoms with E-state index in [9.17, 15) is 16.8 Å². The van der Waals surface area contributed by atoms with Crippen LogP contribution in [0.15, 0.2) is 62.7 Å². The third kappa shape index (κ3) is 4.83. The molecule has 0 amide bonds. The molecule has 0 spiro atoms. The zero-order valence-corrected chi connectivity index (χ0v) is 20.1. The highest BCUT2D eigenvalue weighted by Crippen LogP contribution is 2.29. The molecule has 3 rings (SSSR count). The van der Waals surface area contributed by atoms with Crippen molar-refractivity contribution < 1.29 is 16.8 Å². The molecule has 1 atom stereocenters. The lowest BCUT2D eigenvalue weighted by Gasteiger charge is -2.33. The van der Waals surface area contributed by atoms with E-state index in [1.54, 1.807) is 48.2 Å². The smallest absolute Gasteiger partial charge is 0.283 e. The van der Waals surface area contributed by atoms with Gasteiger partial charge >= 0.3 is 0 Å².